The molecule has 0 aliphatic rings. The zero-order valence-electron chi connectivity index (χ0n) is 11.5. The number of fused-ring (bicyclic) bond motifs is 1. The summed E-state index contributed by atoms with van der Waals surface area (Å²) in [5.41, 5.74) is 2.02. The fourth-order valence-corrected chi connectivity index (χ4v) is 1.52. The molecule has 7 nitrogen and oxygen atoms in total. The molecule has 0 saturated carbocycles. The van der Waals surface area contributed by atoms with Crippen molar-refractivity contribution in [1.82, 2.24) is 20.3 Å². The van der Waals surface area contributed by atoms with Crippen molar-refractivity contribution >= 4 is 22.8 Å². The van der Waals surface area contributed by atoms with Gasteiger partial charge in [-0.25, -0.2) is 4.63 Å². The van der Waals surface area contributed by atoms with Gasteiger partial charge in [-0.15, -0.1) is 0 Å². The van der Waals surface area contributed by atoms with E-state index in [1.165, 1.54) is 0 Å². The van der Waals surface area contributed by atoms with E-state index in [-0.39, 0.29) is 22.7 Å². The Labute approximate surface area is 115 Å². The highest BCUT2D eigenvalue weighted by Crippen LogP contribution is 2.13. The van der Waals surface area contributed by atoms with Crippen LogP contribution in [0.5, 0.6) is 0 Å². The van der Waals surface area contributed by atoms with Crippen molar-refractivity contribution < 1.29 is 4.63 Å². The standard InChI is InChI=1S/C11H9N5O2.C2H6/c1-6-2-4-7(5-3-6)12-10-11(17)14-9-8(13-10)15-18-16-9;1-2/h2-5H,1H3,(H,12,13,15)(H,14,16,17);1-2H3. The Morgan fingerprint density at radius 1 is 1.15 bits per heavy atom. The average Bonchev–Trinajstić information content (AvgIpc) is 2.91. The second-order valence-electron chi connectivity index (χ2n) is 3.84. The molecule has 2 N–H and O–H groups in total. The highest BCUT2D eigenvalue weighted by Gasteiger charge is 2.08. The number of aromatic amines is 1. The van der Waals surface area contributed by atoms with Crippen LogP contribution in [0, 0.1) is 6.92 Å². The summed E-state index contributed by atoms with van der Waals surface area (Å²) in [5.74, 6) is 0.155. The Bertz CT molecular complexity index is 745. The van der Waals surface area contributed by atoms with Gasteiger partial charge in [-0.1, -0.05) is 31.5 Å². The third-order valence-electron chi connectivity index (χ3n) is 2.45. The number of aromatic nitrogens is 4. The molecule has 0 aliphatic carbocycles. The number of rotatable bonds is 2. The summed E-state index contributed by atoms with van der Waals surface area (Å²) in [4.78, 5) is 18.3. The molecule has 0 saturated heterocycles. The molecule has 104 valence electrons. The first-order chi connectivity index (χ1) is 9.72. The Hall–Kier alpha value is -2.70. The molecule has 0 bridgehead atoms. The predicted molar refractivity (Wildman–Crippen MR) is 76.0 cm³/mol. The van der Waals surface area contributed by atoms with Crippen LogP contribution < -0.4 is 10.9 Å². The number of nitrogens with zero attached hydrogens (tertiary/aromatic N) is 3. The van der Waals surface area contributed by atoms with Crippen molar-refractivity contribution in [3.8, 4) is 0 Å². The second kappa shape index (κ2) is 5.96. The molecule has 0 spiro atoms. The minimum atomic E-state index is -0.376. The maximum atomic E-state index is 11.7. The second-order valence-corrected chi connectivity index (χ2v) is 3.84. The molecular formula is C13H15N5O2. The maximum Gasteiger partial charge on any atom is 0.292 e. The van der Waals surface area contributed by atoms with Crippen LogP contribution in [-0.4, -0.2) is 20.3 Å². The van der Waals surface area contributed by atoms with E-state index in [9.17, 15) is 4.79 Å². The molecule has 2 aromatic heterocycles. The molecule has 3 aromatic rings. The zero-order valence-corrected chi connectivity index (χ0v) is 11.5. The average molecular weight is 273 g/mol. The summed E-state index contributed by atoms with van der Waals surface area (Å²) in [6.07, 6.45) is 0. The number of aryl methyl sites for hydroxylation is 1. The molecular weight excluding hydrogens is 258 g/mol. The van der Waals surface area contributed by atoms with E-state index in [1.54, 1.807) is 0 Å². The Morgan fingerprint density at radius 2 is 1.85 bits per heavy atom. The lowest BCUT2D eigenvalue weighted by atomic mass is 10.2. The van der Waals surface area contributed by atoms with E-state index in [1.807, 2.05) is 45.0 Å². The fourth-order valence-electron chi connectivity index (χ4n) is 1.52. The van der Waals surface area contributed by atoms with E-state index in [0.717, 1.165) is 11.3 Å². The van der Waals surface area contributed by atoms with Crippen molar-refractivity contribution in [2.24, 2.45) is 0 Å². The fraction of sp³-hybridized carbons (Fsp3) is 0.231. The molecule has 2 heterocycles. The third-order valence-corrected chi connectivity index (χ3v) is 2.45. The molecule has 3 rings (SSSR count). The van der Waals surface area contributed by atoms with E-state index in [4.69, 9.17) is 0 Å². The van der Waals surface area contributed by atoms with Gasteiger partial charge in [0, 0.05) is 5.69 Å². The Morgan fingerprint density at radius 3 is 2.55 bits per heavy atom. The Kier molecular flexibility index (Phi) is 4.09. The quantitative estimate of drug-likeness (QED) is 0.744. The monoisotopic (exact) mass is 273 g/mol. The van der Waals surface area contributed by atoms with Crippen molar-refractivity contribution in [1.29, 1.82) is 0 Å². The molecule has 1 aromatic carbocycles. The highest BCUT2D eigenvalue weighted by molar-refractivity contribution is 5.67. The van der Waals surface area contributed by atoms with Crippen LogP contribution in [0.15, 0.2) is 33.7 Å². The smallest absolute Gasteiger partial charge is 0.292 e. The van der Waals surface area contributed by atoms with Gasteiger partial charge in [-0.05, 0) is 29.4 Å². The van der Waals surface area contributed by atoms with Crippen LogP contribution in [0.25, 0.3) is 11.3 Å². The number of H-pyrrole nitrogens is 1. The zero-order chi connectivity index (χ0) is 14.5. The van der Waals surface area contributed by atoms with E-state index >= 15 is 0 Å². The van der Waals surface area contributed by atoms with Crippen molar-refractivity contribution in [3.05, 3.63) is 40.2 Å². The normalized spacial score (nSPS) is 9.95. The number of anilines is 2. The number of benzene rings is 1. The lowest BCUT2D eigenvalue weighted by Crippen LogP contribution is -2.13. The molecule has 7 heteroatoms. The molecule has 0 radical (unpaired) electrons. The topological polar surface area (TPSA) is 96.7 Å². The minimum absolute atomic E-state index is 0.155. The lowest BCUT2D eigenvalue weighted by Gasteiger charge is -2.03. The van der Waals surface area contributed by atoms with Crippen LogP contribution in [0.4, 0.5) is 11.5 Å². The van der Waals surface area contributed by atoms with E-state index in [2.05, 4.69) is 30.2 Å². The van der Waals surface area contributed by atoms with Gasteiger partial charge < -0.3 is 5.32 Å². The van der Waals surface area contributed by atoms with Gasteiger partial charge in [-0.2, -0.15) is 4.98 Å². The number of hydrogen-bond acceptors (Lipinski definition) is 6. The third kappa shape index (κ3) is 2.82. The molecule has 20 heavy (non-hydrogen) atoms. The van der Waals surface area contributed by atoms with Crippen molar-refractivity contribution in [2.45, 2.75) is 20.8 Å². The Balaban J connectivity index is 0.000000704. The SMILES string of the molecule is CC.Cc1ccc(Nc2nc3nonc3[nH]c2=O)cc1. The summed E-state index contributed by atoms with van der Waals surface area (Å²) >= 11 is 0. The van der Waals surface area contributed by atoms with Gasteiger partial charge in [0.15, 0.2) is 5.82 Å². The molecule has 0 amide bonds. The van der Waals surface area contributed by atoms with Gasteiger partial charge in [0.2, 0.25) is 11.3 Å². The van der Waals surface area contributed by atoms with Crippen LogP contribution >= 0.6 is 0 Å². The first kappa shape index (κ1) is 13.7. The minimum Gasteiger partial charge on any atom is -0.336 e. The number of nitrogens with one attached hydrogen (secondary N) is 2. The van der Waals surface area contributed by atoms with Gasteiger partial charge in [0.1, 0.15) is 0 Å². The molecule has 0 atom stereocenters. The first-order valence-corrected chi connectivity index (χ1v) is 6.29. The van der Waals surface area contributed by atoms with E-state index < -0.39 is 0 Å². The van der Waals surface area contributed by atoms with Gasteiger partial charge in [0.05, 0.1) is 0 Å². The largest absolute Gasteiger partial charge is 0.336 e. The molecule has 0 fully saturated rings. The lowest BCUT2D eigenvalue weighted by molar-refractivity contribution is 0.314. The summed E-state index contributed by atoms with van der Waals surface area (Å²) < 4.78 is 4.48. The predicted octanol–water partition coefficient (Wildman–Crippen LogP) is 2.38. The van der Waals surface area contributed by atoms with Gasteiger partial charge in [0.25, 0.3) is 5.56 Å². The van der Waals surface area contributed by atoms with Gasteiger partial charge >= 0.3 is 0 Å². The summed E-state index contributed by atoms with van der Waals surface area (Å²) in [6, 6.07) is 7.60. The summed E-state index contributed by atoms with van der Waals surface area (Å²) in [7, 11) is 0. The van der Waals surface area contributed by atoms with Crippen molar-refractivity contribution in [2.75, 3.05) is 5.32 Å². The van der Waals surface area contributed by atoms with Crippen LogP contribution in [0.3, 0.4) is 0 Å². The van der Waals surface area contributed by atoms with Gasteiger partial charge in [-0.3, -0.25) is 9.78 Å². The first-order valence-electron chi connectivity index (χ1n) is 6.29. The van der Waals surface area contributed by atoms with E-state index in [0.29, 0.717) is 0 Å². The van der Waals surface area contributed by atoms with Crippen molar-refractivity contribution in [3.63, 3.8) is 0 Å². The van der Waals surface area contributed by atoms with Crippen LogP contribution in [-0.2, 0) is 0 Å². The highest BCUT2D eigenvalue weighted by atomic mass is 16.6. The molecule has 0 unspecified atom stereocenters. The van der Waals surface area contributed by atoms with Crippen LogP contribution in [0.1, 0.15) is 19.4 Å². The summed E-state index contributed by atoms with van der Waals surface area (Å²) in [6.45, 7) is 5.99. The van der Waals surface area contributed by atoms with Crippen LogP contribution in [0.2, 0.25) is 0 Å². The summed E-state index contributed by atoms with van der Waals surface area (Å²) in [5, 5.41) is 9.99. The maximum absolute atomic E-state index is 11.7. The molecule has 0 aliphatic heterocycles. The number of hydrogen-bond donors (Lipinski definition) is 2.